The van der Waals surface area contributed by atoms with Crippen molar-refractivity contribution in [3.8, 4) is 0 Å². The third kappa shape index (κ3) is 6.03. The van der Waals surface area contributed by atoms with Gasteiger partial charge in [0.25, 0.3) is 0 Å². The fraction of sp³-hybridized carbons (Fsp3) is 0.200. The average molecular weight is 337 g/mol. The molecule has 0 saturated heterocycles. The normalized spacial score (nSPS) is 11.7. The molecule has 2 rings (SSSR count). The Labute approximate surface area is 133 Å². The van der Waals surface area contributed by atoms with Gasteiger partial charge >= 0.3 is 0 Å². The summed E-state index contributed by atoms with van der Waals surface area (Å²) >= 11 is 0. The highest BCUT2D eigenvalue weighted by Crippen LogP contribution is 2.07. The maximum absolute atomic E-state index is 13.0. The molecule has 1 amide bonds. The van der Waals surface area contributed by atoms with Gasteiger partial charge in [-0.3, -0.25) is 9.48 Å². The van der Waals surface area contributed by atoms with E-state index in [1.165, 1.54) is 29.0 Å². The number of sulfone groups is 1. The summed E-state index contributed by atoms with van der Waals surface area (Å²) in [6.45, 7) is 0.216. The van der Waals surface area contributed by atoms with Gasteiger partial charge in [0.1, 0.15) is 15.7 Å². The summed E-state index contributed by atoms with van der Waals surface area (Å²) in [5.41, 5.74) is 0.568. The second-order valence-corrected chi connectivity index (χ2v) is 7.23. The van der Waals surface area contributed by atoms with Crippen molar-refractivity contribution in [1.29, 1.82) is 0 Å². The summed E-state index contributed by atoms with van der Waals surface area (Å²) in [7, 11) is -3.07. The molecular formula is C15H16FN3O3S. The number of benzene rings is 1. The number of amides is 1. The quantitative estimate of drug-likeness (QED) is 0.814. The van der Waals surface area contributed by atoms with Gasteiger partial charge in [-0.2, -0.15) is 5.10 Å². The average Bonchev–Trinajstić information content (AvgIpc) is 2.90. The summed E-state index contributed by atoms with van der Waals surface area (Å²) in [4.78, 5) is 11.8. The highest BCUT2D eigenvalue weighted by atomic mass is 32.2. The van der Waals surface area contributed by atoms with Crippen molar-refractivity contribution in [2.75, 3.05) is 17.3 Å². The van der Waals surface area contributed by atoms with Crippen LogP contribution in [0, 0.1) is 5.82 Å². The second-order valence-electron chi connectivity index (χ2n) is 4.97. The van der Waals surface area contributed by atoms with E-state index in [1.807, 2.05) is 0 Å². The van der Waals surface area contributed by atoms with E-state index < -0.39 is 15.7 Å². The monoisotopic (exact) mass is 337 g/mol. The Balaban J connectivity index is 1.92. The molecule has 0 radical (unpaired) electrons. The summed E-state index contributed by atoms with van der Waals surface area (Å²) < 4.78 is 36.6. The van der Waals surface area contributed by atoms with Crippen LogP contribution in [0.1, 0.15) is 5.56 Å². The molecule has 8 heteroatoms. The van der Waals surface area contributed by atoms with Crippen molar-refractivity contribution >= 4 is 27.6 Å². The maximum Gasteiger partial charge on any atom is 0.249 e. The number of carbonyl (C=O) groups excluding carboxylic acids is 1. The lowest BCUT2D eigenvalue weighted by Crippen LogP contribution is -2.13. The second kappa shape index (κ2) is 7.19. The molecule has 0 aliphatic carbocycles. The Hall–Kier alpha value is -2.48. The lowest BCUT2D eigenvalue weighted by molar-refractivity contribution is -0.111. The molecule has 1 N–H and O–H groups in total. The van der Waals surface area contributed by atoms with Crippen molar-refractivity contribution in [1.82, 2.24) is 9.78 Å². The first kappa shape index (κ1) is 16.9. The van der Waals surface area contributed by atoms with E-state index in [0.717, 1.165) is 6.26 Å². The summed E-state index contributed by atoms with van der Waals surface area (Å²) in [5.74, 6) is -0.506. The fourth-order valence-electron chi connectivity index (χ4n) is 1.76. The van der Waals surface area contributed by atoms with E-state index in [-0.39, 0.29) is 18.1 Å². The molecule has 1 aromatic heterocycles. The Kier molecular flexibility index (Phi) is 5.28. The van der Waals surface area contributed by atoms with E-state index in [2.05, 4.69) is 10.4 Å². The Morgan fingerprint density at radius 1 is 1.39 bits per heavy atom. The lowest BCUT2D eigenvalue weighted by atomic mass is 10.2. The zero-order valence-corrected chi connectivity index (χ0v) is 13.3. The molecule has 1 heterocycles. The molecule has 0 saturated carbocycles. The Morgan fingerprint density at radius 2 is 2.17 bits per heavy atom. The number of nitrogens with one attached hydrogen (secondary N) is 1. The molecule has 23 heavy (non-hydrogen) atoms. The van der Waals surface area contributed by atoms with Crippen LogP contribution in [0.3, 0.4) is 0 Å². The molecule has 2 aromatic rings. The molecular weight excluding hydrogens is 321 g/mol. The van der Waals surface area contributed by atoms with Gasteiger partial charge in [-0.25, -0.2) is 12.8 Å². The highest BCUT2D eigenvalue weighted by molar-refractivity contribution is 7.90. The van der Waals surface area contributed by atoms with Gasteiger partial charge in [-0.15, -0.1) is 0 Å². The minimum absolute atomic E-state index is 0.0262. The van der Waals surface area contributed by atoms with E-state index in [4.69, 9.17) is 0 Å². The standard InChI is InChI=1S/C15H16FN3O3S/c1-23(21,22)10-9-19-8-7-14(18-19)17-15(20)6-5-12-3-2-4-13(16)11-12/h2-8,11H,9-10H2,1H3,(H,17,18,20)/b6-5-. The van der Waals surface area contributed by atoms with E-state index in [0.29, 0.717) is 11.4 Å². The third-order valence-corrected chi connectivity index (χ3v) is 3.78. The fourth-order valence-corrected chi connectivity index (χ4v) is 2.28. The highest BCUT2D eigenvalue weighted by Gasteiger charge is 2.05. The van der Waals surface area contributed by atoms with E-state index in [9.17, 15) is 17.6 Å². The number of hydrogen-bond acceptors (Lipinski definition) is 4. The minimum atomic E-state index is -3.07. The van der Waals surface area contributed by atoms with Gasteiger partial charge in [0.2, 0.25) is 5.91 Å². The first-order valence-corrected chi connectivity index (χ1v) is 8.84. The lowest BCUT2D eigenvalue weighted by Gasteiger charge is -2.00. The van der Waals surface area contributed by atoms with Crippen LogP contribution in [-0.2, 0) is 21.2 Å². The predicted molar refractivity (Wildman–Crippen MR) is 86.0 cm³/mol. The number of nitrogens with zero attached hydrogens (tertiary/aromatic N) is 2. The zero-order chi connectivity index (χ0) is 16.9. The Morgan fingerprint density at radius 3 is 2.87 bits per heavy atom. The van der Waals surface area contributed by atoms with Crippen molar-refractivity contribution in [2.45, 2.75) is 6.54 Å². The van der Waals surface area contributed by atoms with Crippen LogP contribution >= 0.6 is 0 Å². The van der Waals surface area contributed by atoms with Crippen molar-refractivity contribution < 1.29 is 17.6 Å². The number of aromatic nitrogens is 2. The third-order valence-electron chi connectivity index (χ3n) is 2.86. The number of hydrogen-bond donors (Lipinski definition) is 1. The zero-order valence-electron chi connectivity index (χ0n) is 12.4. The largest absolute Gasteiger partial charge is 0.306 e. The molecule has 0 fully saturated rings. The van der Waals surface area contributed by atoms with Crippen LogP contribution in [0.25, 0.3) is 6.08 Å². The first-order chi connectivity index (χ1) is 10.8. The molecule has 1 aromatic carbocycles. The molecule has 0 atom stereocenters. The molecule has 0 aliphatic rings. The van der Waals surface area contributed by atoms with Gasteiger partial charge in [-0.1, -0.05) is 12.1 Å². The minimum Gasteiger partial charge on any atom is -0.306 e. The molecule has 122 valence electrons. The Bertz CT molecular complexity index is 828. The number of carbonyl (C=O) groups is 1. The first-order valence-electron chi connectivity index (χ1n) is 6.78. The number of halogens is 1. The van der Waals surface area contributed by atoms with Crippen molar-refractivity contribution in [2.24, 2.45) is 0 Å². The summed E-state index contributed by atoms with van der Waals surface area (Å²) in [5, 5.41) is 6.59. The molecule has 0 aliphatic heterocycles. The van der Waals surface area contributed by atoms with Gasteiger partial charge in [0.05, 0.1) is 12.3 Å². The maximum atomic E-state index is 13.0. The molecule has 0 bridgehead atoms. The molecule has 6 nitrogen and oxygen atoms in total. The van der Waals surface area contributed by atoms with E-state index in [1.54, 1.807) is 24.4 Å². The van der Waals surface area contributed by atoms with Crippen LogP contribution in [0.15, 0.2) is 42.6 Å². The van der Waals surface area contributed by atoms with E-state index >= 15 is 0 Å². The number of rotatable bonds is 6. The van der Waals surface area contributed by atoms with Crippen LogP contribution < -0.4 is 5.32 Å². The molecule has 0 unspecified atom stereocenters. The van der Waals surface area contributed by atoms with Crippen molar-refractivity contribution in [3.05, 3.63) is 54.0 Å². The van der Waals surface area contributed by atoms with Crippen LogP contribution in [-0.4, -0.2) is 36.1 Å². The topological polar surface area (TPSA) is 81.1 Å². The number of aryl methyl sites for hydroxylation is 1. The predicted octanol–water partition coefficient (Wildman–Crippen LogP) is 1.72. The van der Waals surface area contributed by atoms with Crippen LogP contribution in [0.5, 0.6) is 0 Å². The van der Waals surface area contributed by atoms with Crippen LogP contribution in [0.2, 0.25) is 0 Å². The molecule has 0 spiro atoms. The SMILES string of the molecule is CS(=O)(=O)CCn1ccc(NC(=O)/C=C\c2cccc(F)c2)n1. The van der Waals surface area contributed by atoms with Gasteiger partial charge in [0.15, 0.2) is 5.82 Å². The van der Waals surface area contributed by atoms with Crippen LogP contribution in [0.4, 0.5) is 10.2 Å². The van der Waals surface area contributed by atoms with Gasteiger partial charge in [-0.05, 0) is 23.8 Å². The number of anilines is 1. The summed E-state index contributed by atoms with van der Waals surface area (Å²) in [6, 6.07) is 7.42. The summed E-state index contributed by atoms with van der Waals surface area (Å²) in [6.07, 6.45) is 5.48. The van der Waals surface area contributed by atoms with Crippen molar-refractivity contribution in [3.63, 3.8) is 0 Å². The van der Waals surface area contributed by atoms with Gasteiger partial charge < -0.3 is 5.32 Å². The van der Waals surface area contributed by atoms with Gasteiger partial charge in [0, 0.05) is 24.6 Å². The smallest absolute Gasteiger partial charge is 0.249 e.